The van der Waals surface area contributed by atoms with Gasteiger partial charge in [0.2, 0.25) is 5.88 Å². The number of alkyl halides is 9. The lowest BCUT2D eigenvalue weighted by atomic mass is 9.79. The van der Waals surface area contributed by atoms with Crippen LogP contribution in [0, 0.1) is 11.3 Å². The Kier molecular flexibility index (Phi) is 17.3. The van der Waals surface area contributed by atoms with Gasteiger partial charge in [0, 0.05) is 63.6 Å². The van der Waals surface area contributed by atoms with E-state index in [1.165, 1.54) is 0 Å². The lowest BCUT2D eigenvalue weighted by molar-refractivity contribution is -0.193. The number of aliphatic carboxylic acids is 3. The smallest absolute Gasteiger partial charge is 0.481 e. The van der Waals surface area contributed by atoms with Crippen LogP contribution in [0.5, 0.6) is 5.88 Å². The second-order valence-electron chi connectivity index (χ2n) is 9.84. The van der Waals surface area contributed by atoms with Crippen molar-refractivity contribution < 1.29 is 83.4 Å². The number of carbonyl (C=O) groups is 3. The lowest BCUT2D eigenvalue weighted by Crippen LogP contribution is -2.43. The summed E-state index contributed by atoms with van der Waals surface area (Å²) in [6.07, 6.45) is -13.5. The molecule has 46 heavy (non-hydrogen) atoms. The van der Waals surface area contributed by atoms with E-state index in [2.05, 4.69) is 27.8 Å². The van der Waals surface area contributed by atoms with Crippen LogP contribution in [0.15, 0.2) is 18.3 Å². The molecule has 0 bridgehead atoms. The second-order valence-corrected chi connectivity index (χ2v) is 9.84. The van der Waals surface area contributed by atoms with Gasteiger partial charge in [-0.05, 0) is 12.0 Å². The van der Waals surface area contributed by atoms with Gasteiger partial charge in [-0.25, -0.2) is 19.4 Å². The number of hydrogen-bond donors (Lipinski definition) is 3. The Morgan fingerprint density at radius 1 is 0.935 bits per heavy atom. The molecule has 21 heteroatoms. The number of hydrogen-bond acceptors (Lipinski definition) is 9. The van der Waals surface area contributed by atoms with Crippen LogP contribution in [0.3, 0.4) is 0 Å². The molecule has 0 saturated carbocycles. The predicted molar refractivity (Wildman–Crippen MR) is 138 cm³/mol. The monoisotopic (exact) mass is 691 g/mol. The van der Waals surface area contributed by atoms with E-state index in [4.69, 9.17) is 43.9 Å². The Morgan fingerprint density at radius 3 is 1.85 bits per heavy atom. The van der Waals surface area contributed by atoms with Crippen LogP contribution in [-0.2, 0) is 30.4 Å². The normalized spacial score (nSPS) is 20.6. The van der Waals surface area contributed by atoms with Gasteiger partial charge in [0.15, 0.2) is 0 Å². The number of pyridine rings is 1. The van der Waals surface area contributed by atoms with Crippen molar-refractivity contribution >= 4 is 17.9 Å². The van der Waals surface area contributed by atoms with E-state index in [1.807, 2.05) is 6.07 Å². The summed E-state index contributed by atoms with van der Waals surface area (Å²) in [5.74, 6) is -6.93. The topological polar surface area (TPSA) is 159 Å². The molecular formula is C25H34F9N3O9. The molecule has 2 atom stereocenters. The van der Waals surface area contributed by atoms with Crippen molar-refractivity contribution in [3.63, 3.8) is 0 Å². The van der Waals surface area contributed by atoms with Gasteiger partial charge in [0.25, 0.3) is 0 Å². The summed E-state index contributed by atoms with van der Waals surface area (Å²) in [6.45, 7) is 10.8. The van der Waals surface area contributed by atoms with Gasteiger partial charge >= 0.3 is 36.4 Å². The Labute approximate surface area is 256 Å². The number of ether oxygens (including phenoxy) is 3. The van der Waals surface area contributed by atoms with E-state index in [0.717, 1.165) is 70.5 Å². The predicted octanol–water partition coefficient (Wildman–Crippen LogP) is 3.41. The highest BCUT2D eigenvalue weighted by Gasteiger charge is 2.46. The molecule has 2 aliphatic heterocycles. The molecule has 2 fully saturated rings. The molecule has 1 spiro atoms. The second kappa shape index (κ2) is 18.6. The zero-order valence-corrected chi connectivity index (χ0v) is 24.7. The summed E-state index contributed by atoms with van der Waals surface area (Å²) in [6, 6.07) is 4.08. The van der Waals surface area contributed by atoms with E-state index in [9.17, 15) is 39.5 Å². The van der Waals surface area contributed by atoms with Gasteiger partial charge in [0.1, 0.15) is 0 Å². The molecular weight excluding hydrogens is 657 g/mol. The number of carboxylic acids is 3. The van der Waals surface area contributed by atoms with Crippen molar-refractivity contribution in [1.29, 1.82) is 0 Å². The fourth-order valence-corrected chi connectivity index (χ4v) is 4.17. The van der Waals surface area contributed by atoms with E-state index in [-0.39, 0.29) is 5.41 Å². The maximum Gasteiger partial charge on any atom is 0.490 e. The van der Waals surface area contributed by atoms with Crippen LogP contribution in [0.1, 0.15) is 12.5 Å². The maximum atomic E-state index is 10.6. The molecule has 0 amide bonds. The Balaban J connectivity index is 0.000000786. The molecule has 0 unspecified atom stereocenters. The zero-order chi connectivity index (χ0) is 35.9. The summed E-state index contributed by atoms with van der Waals surface area (Å²) in [5, 5.41) is 21.4. The van der Waals surface area contributed by atoms with Crippen molar-refractivity contribution in [1.82, 2.24) is 14.8 Å². The average molecular weight is 692 g/mol. The molecule has 0 radical (unpaired) electrons. The molecule has 1 aromatic rings. The number of halogens is 9. The largest absolute Gasteiger partial charge is 0.490 e. The Morgan fingerprint density at radius 2 is 1.41 bits per heavy atom. The number of rotatable bonds is 6. The molecule has 3 rings (SSSR count). The minimum Gasteiger partial charge on any atom is -0.481 e. The van der Waals surface area contributed by atoms with E-state index in [0.29, 0.717) is 5.92 Å². The quantitative estimate of drug-likeness (QED) is 0.374. The van der Waals surface area contributed by atoms with Crippen LogP contribution in [0.4, 0.5) is 39.5 Å². The van der Waals surface area contributed by atoms with Crippen molar-refractivity contribution in [3.8, 4) is 5.88 Å². The summed E-state index contributed by atoms with van der Waals surface area (Å²) in [5.41, 5.74) is 1.34. The lowest BCUT2D eigenvalue weighted by Gasteiger charge is -2.35. The van der Waals surface area contributed by atoms with Crippen LogP contribution >= 0.6 is 0 Å². The first-order valence-electron chi connectivity index (χ1n) is 12.9. The van der Waals surface area contributed by atoms with E-state index < -0.39 is 36.4 Å². The first-order chi connectivity index (χ1) is 21.0. The molecule has 2 saturated heterocycles. The van der Waals surface area contributed by atoms with Crippen molar-refractivity contribution in [2.45, 2.75) is 32.0 Å². The summed E-state index contributed by atoms with van der Waals surface area (Å²) >= 11 is 0. The number of carboxylic acid groups (broad SMARTS) is 3. The fraction of sp³-hybridized carbons (Fsp3) is 0.680. The van der Waals surface area contributed by atoms with Crippen molar-refractivity contribution in [3.05, 3.63) is 23.9 Å². The van der Waals surface area contributed by atoms with E-state index >= 15 is 0 Å². The molecule has 1 aromatic heterocycles. The third-order valence-electron chi connectivity index (χ3n) is 6.37. The SMILES string of the molecule is COCCN1C[C@@H](C)[C@@]2(COCCN(Cc3cccnc3OC)C2)C1.O=C(O)C(F)(F)F.O=C(O)C(F)(F)F.O=C(O)C(F)(F)F. The molecule has 3 heterocycles. The van der Waals surface area contributed by atoms with Crippen molar-refractivity contribution in [2.24, 2.45) is 11.3 Å². The minimum atomic E-state index is -5.08. The number of likely N-dealkylation sites (tertiary alicyclic amines) is 1. The molecule has 266 valence electrons. The van der Waals surface area contributed by atoms with Gasteiger partial charge < -0.3 is 34.4 Å². The molecule has 0 aromatic carbocycles. The maximum absolute atomic E-state index is 10.6. The molecule has 12 nitrogen and oxygen atoms in total. The minimum absolute atomic E-state index is 0.194. The highest BCUT2D eigenvalue weighted by molar-refractivity contribution is 5.73. The number of nitrogens with zero attached hydrogens (tertiary/aromatic N) is 3. The van der Waals surface area contributed by atoms with Crippen LogP contribution in [-0.4, -0.2) is 133 Å². The van der Waals surface area contributed by atoms with Gasteiger partial charge in [0.05, 0.1) is 26.9 Å². The van der Waals surface area contributed by atoms with Gasteiger partial charge in [-0.3, -0.25) is 4.90 Å². The van der Waals surface area contributed by atoms with Gasteiger partial charge in [-0.15, -0.1) is 0 Å². The number of methoxy groups -OCH3 is 2. The first-order valence-corrected chi connectivity index (χ1v) is 12.9. The molecule has 0 aliphatic carbocycles. The van der Waals surface area contributed by atoms with Crippen LogP contribution in [0.2, 0.25) is 0 Å². The highest BCUT2D eigenvalue weighted by atomic mass is 19.4. The standard InChI is InChI=1S/C19H31N3O3.3C2HF3O2/c1-16-11-21(7-9-23-2)13-19(16)14-22(8-10-25-15-19)12-17-5-4-6-20-18(17)24-3;3*3-2(4,5)1(6)7/h4-6,16H,7-15H2,1-3H3;3*(H,6,7)/t16-,19+;;;/m1.../s1. The summed E-state index contributed by atoms with van der Waals surface area (Å²) < 4.78 is 112. The molecule has 2 aliphatic rings. The third kappa shape index (κ3) is 15.7. The fourth-order valence-electron chi connectivity index (χ4n) is 4.17. The average Bonchev–Trinajstić information content (AvgIpc) is 3.09. The van der Waals surface area contributed by atoms with Gasteiger partial charge in [-0.1, -0.05) is 13.0 Å². The Hall–Kier alpha value is -3.43. The van der Waals surface area contributed by atoms with Crippen LogP contribution in [0.25, 0.3) is 0 Å². The highest BCUT2D eigenvalue weighted by Crippen LogP contribution is 2.38. The first kappa shape index (κ1) is 42.6. The Bertz CT molecular complexity index is 1050. The number of aromatic nitrogens is 1. The van der Waals surface area contributed by atoms with Crippen molar-refractivity contribution in [2.75, 3.05) is 66.8 Å². The zero-order valence-electron chi connectivity index (χ0n) is 24.7. The summed E-state index contributed by atoms with van der Waals surface area (Å²) in [4.78, 5) is 36.0. The van der Waals surface area contributed by atoms with Gasteiger partial charge in [-0.2, -0.15) is 39.5 Å². The van der Waals surface area contributed by atoms with E-state index in [1.54, 1.807) is 20.4 Å². The van der Waals surface area contributed by atoms with Crippen LogP contribution < -0.4 is 4.74 Å². The third-order valence-corrected chi connectivity index (χ3v) is 6.37. The summed E-state index contributed by atoms with van der Waals surface area (Å²) in [7, 11) is 3.46. The molecule has 3 N–H and O–H groups in total.